The molecule has 0 rings (SSSR count). The summed E-state index contributed by atoms with van der Waals surface area (Å²) in [5.41, 5.74) is 0. The van der Waals surface area contributed by atoms with Crippen molar-refractivity contribution < 1.29 is 28.6 Å². The highest BCUT2D eigenvalue weighted by Crippen LogP contribution is 2.13. The average Bonchev–Trinajstić information content (AvgIpc) is 3.41. The van der Waals surface area contributed by atoms with Crippen molar-refractivity contribution in [1.29, 1.82) is 0 Å². The van der Waals surface area contributed by atoms with Gasteiger partial charge in [0.05, 0.1) is 0 Å². The van der Waals surface area contributed by atoms with Gasteiger partial charge in [-0.25, -0.2) is 0 Å². The second-order valence-electron chi connectivity index (χ2n) is 19.5. The van der Waals surface area contributed by atoms with E-state index in [2.05, 4.69) is 167 Å². The molecule has 0 aromatic heterocycles. The van der Waals surface area contributed by atoms with Crippen LogP contribution in [-0.4, -0.2) is 37.2 Å². The molecule has 0 aliphatic rings. The number of carbonyl (C=O) groups excluding carboxylic acids is 3. The molecule has 0 aromatic carbocycles. The summed E-state index contributed by atoms with van der Waals surface area (Å²) >= 11 is 0. The molecule has 0 fully saturated rings. The zero-order valence-electron chi connectivity index (χ0n) is 48.3. The summed E-state index contributed by atoms with van der Waals surface area (Å²) in [6, 6.07) is 0. The smallest absolute Gasteiger partial charge is 0.306 e. The predicted octanol–water partition coefficient (Wildman–Crippen LogP) is 20.8. The van der Waals surface area contributed by atoms with E-state index in [-0.39, 0.29) is 31.1 Å². The van der Waals surface area contributed by atoms with E-state index in [0.29, 0.717) is 25.7 Å². The lowest BCUT2D eigenvalue weighted by atomic mass is 10.1. The fourth-order valence-corrected chi connectivity index (χ4v) is 7.79. The van der Waals surface area contributed by atoms with Crippen LogP contribution in [0.3, 0.4) is 0 Å². The molecule has 0 radical (unpaired) electrons. The SMILES string of the molecule is CC/C=C\C/C=C\C/C=C\C/C=C\C/C=C\C/C=C\C/C=C\C/C=C\C/C=C\C/C=C\CCCCC(=O)OCC(COC(=O)CCCCCCCC)OC(=O)CCCCCCCCC/C=C\C/C=C\CCCCCC. The summed E-state index contributed by atoms with van der Waals surface area (Å²) in [5, 5.41) is 0. The molecule has 1 atom stereocenters. The van der Waals surface area contributed by atoms with E-state index in [9.17, 15) is 14.4 Å². The third-order valence-corrected chi connectivity index (χ3v) is 12.3. The van der Waals surface area contributed by atoms with Crippen molar-refractivity contribution in [2.75, 3.05) is 13.2 Å². The van der Waals surface area contributed by atoms with Crippen LogP contribution in [-0.2, 0) is 28.6 Å². The van der Waals surface area contributed by atoms with Gasteiger partial charge in [0.15, 0.2) is 6.10 Å². The zero-order valence-corrected chi connectivity index (χ0v) is 48.3. The number of hydrogen-bond acceptors (Lipinski definition) is 6. The monoisotopic (exact) mass is 1030 g/mol. The number of hydrogen-bond donors (Lipinski definition) is 0. The van der Waals surface area contributed by atoms with E-state index in [1.165, 1.54) is 77.0 Å². The quantitative estimate of drug-likeness (QED) is 0.0261. The molecule has 0 heterocycles. The van der Waals surface area contributed by atoms with E-state index in [4.69, 9.17) is 14.2 Å². The van der Waals surface area contributed by atoms with E-state index in [0.717, 1.165) is 128 Å². The van der Waals surface area contributed by atoms with E-state index >= 15 is 0 Å². The van der Waals surface area contributed by atoms with E-state index in [1.807, 2.05) is 0 Å². The van der Waals surface area contributed by atoms with Crippen molar-refractivity contribution in [3.05, 3.63) is 146 Å². The Morgan fingerprint density at radius 2 is 0.520 bits per heavy atom. The molecule has 0 bridgehead atoms. The molecule has 0 aromatic rings. The van der Waals surface area contributed by atoms with Crippen LogP contribution in [0.2, 0.25) is 0 Å². The third kappa shape index (κ3) is 60.0. The normalized spacial score (nSPS) is 13.2. The van der Waals surface area contributed by atoms with Gasteiger partial charge in [0.25, 0.3) is 0 Å². The highest BCUT2D eigenvalue weighted by molar-refractivity contribution is 5.71. The van der Waals surface area contributed by atoms with Crippen LogP contribution in [0.5, 0.6) is 0 Å². The largest absolute Gasteiger partial charge is 0.462 e. The van der Waals surface area contributed by atoms with Gasteiger partial charge in [0, 0.05) is 19.3 Å². The number of carbonyl (C=O) groups is 3. The summed E-state index contributed by atoms with van der Waals surface area (Å²) in [4.78, 5) is 37.9. The van der Waals surface area contributed by atoms with Gasteiger partial charge in [-0.2, -0.15) is 0 Å². The van der Waals surface area contributed by atoms with Crippen LogP contribution in [0.1, 0.15) is 252 Å². The van der Waals surface area contributed by atoms with Crippen molar-refractivity contribution in [1.82, 2.24) is 0 Å². The average molecular weight is 1040 g/mol. The maximum Gasteiger partial charge on any atom is 0.306 e. The molecule has 0 N–H and O–H groups in total. The molecule has 422 valence electrons. The first-order valence-corrected chi connectivity index (χ1v) is 30.3. The molecule has 0 aliphatic carbocycles. The highest BCUT2D eigenvalue weighted by atomic mass is 16.6. The molecule has 0 aliphatic heterocycles. The van der Waals surface area contributed by atoms with Crippen LogP contribution in [0.25, 0.3) is 0 Å². The van der Waals surface area contributed by atoms with Crippen molar-refractivity contribution in [3.8, 4) is 0 Å². The van der Waals surface area contributed by atoms with E-state index in [1.54, 1.807) is 0 Å². The lowest BCUT2D eigenvalue weighted by Gasteiger charge is -2.18. The minimum Gasteiger partial charge on any atom is -0.462 e. The van der Waals surface area contributed by atoms with Crippen LogP contribution in [0, 0.1) is 0 Å². The second kappa shape index (κ2) is 61.8. The van der Waals surface area contributed by atoms with Gasteiger partial charge in [-0.1, -0.05) is 250 Å². The Kier molecular flexibility index (Phi) is 58.0. The highest BCUT2D eigenvalue weighted by Gasteiger charge is 2.19. The maximum absolute atomic E-state index is 12.8. The minimum atomic E-state index is -0.802. The topological polar surface area (TPSA) is 78.9 Å². The molecule has 0 saturated carbocycles. The van der Waals surface area contributed by atoms with Gasteiger partial charge < -0.3 is 14.2 Å². The Morgan fingerprint density at radius 3 is 0.853 bits per heavy atom. The Hall–Kier alpha value is -4.71. The van der Waals surface area contributed by atoms with Gasteiger partial charge in [0.1, 0.15) is 13.2 Å². The minimum absolute atomic E-state index is 0.0993. The molecular weight excluding hydrogens is 925 g/mol. The first kappa shape index (κ1) is 70.3. The van der Waals surface area contributed by atoms with Gasteiger partial charge in [-0.05, 0) is 128 Å². The Balaban J connectivity index is 4.24. The van der Waals surface area contributed by atoms with Crippen LogP contribution in [0.15, 0.2) is 146 Å². The summed E-state index contributed by atoms with van der Waals surface area (Å²) in [7, 11) is 0. The lowest BCUT2D eigenvalue weighted by molar-refractivity contribution is -0.167. The molecule has 0 amide bonds. The van der Waals surface area contributed by atoms with Crippen molar-refractivity contribution >= 4 is 17.9 Å². The number of esters is 3. The summed E-state index contributed by atoms with van der Waals surface area (Å²) in [6.07, 6.45) is 88.8. The molecule has 6 heteroatoms. The molecule has 6 nitrogen and oxygen atoms in total. The van der Waals surface area contributed by atoms with Crippen LogP contribution in [0.4, 0.5) is 0 Å². The molecule has 0 spiro atoms. The van der Waals surface area contributed by atoms with Crippen LogP contribution < -0.4 is 0 Å². The fraction of sp³-hybridized carbons (Fsp3) is 0.609. The van der Waals surface area contributed by atoms with E-state index < -0.39 is 6.10 Å². The number of unbranched alkanes of at least 4 members (excludes halogenated alkanes) is 18. The van der Waals surface area contributed by atoms with Crippen LogP contribution >= 0.6 is 0 Å². The maximum atomic E-state index is 12.8. The Bertz CT molecular complexity index is 1660. The lowest BCUT2D eigenvalue weighted by Crippen LogP contribution is -2.30. The molecular formula is C69H110O6. The first-order valence-electron chi connectivity index (χ1n) is 30.3. The number of allylic oxidation sites excluding steroid dienone is 24. The van der Waals surface area contributed by atoms with Crippen molar-refractivity contribution in [2.45, 2.75) is 258 Å². The molecule has 0 saturated heterocycles. The standard InChI is InChI=1S/C69H110O6/c1-4-7-10-13-16-18-20-22-24-26-28-29-30-31-32-33-34-35-36-37-38-39-40-41-42-44-45-47-49-51-53-56-59-62-68(71)74-65-66(64-73-67(70)61-58-55-15-12-9-6-3)75-69(72)63-60-57-54-52-50-48-46-43-27-25-23-21-19-17-14-11-8-5-2/h7,10,16,18-19,21-22,24-25,27-29,31-32,34-35,37-38,40-41,44-45,49,51,66H,4-6,8-9,11-15,17,20,23,26,30,33,36,39,42-43,46-48,50,52-65H2,1-3H3/b10-7-,18-16-,21-19-,24-22-,27-25-,29-28-,32-31-,35-34-,38-37-,41-40-,45-44-,51-49-. The van der Waals surface area contributed by atoms with Crippen molar-refractivity contribution in [2.24, 2.45) is 0 Å². The number of ether oxygens (including phenoxy) is 3. The third-order valence-electron chi connectivity index (χ3n) is 12.3. The second-order valence-corrected chi connectivity index (χ2v) is 19.5. The first-order chi connectivity index (χ1) is 37.0. The van der Waals surface area contributed by atoms with Crippen molar-refractivity contribution in [3.63, 3.8) is 0 Å². The van der Waals surface area contributed by atoms with Gasteiger partial charge in [0.2, 0.25) is 0 Å². The molecule has 1 unspecified atom stereocenters. The Morgan fingerprint density at radius 1 is 0.280 bits per heavy atom. The zero-order chi connectivity index (χ0) is 54.3. The summed E-state index contributed by atoms with van der Waals surface area (Å²) < 4.78 is 16.7. The number of rotatable bonds is 53. The van der Waals surface area contributed by atoms with Gasteiger partial charge in [-0.15, -0.1) is 0 Å². The molecule has 75 heavy (non-hydrogen) atoms. The predicted molar refractivity (Wildman–Crippen MR) is 325 cm³/mol. The summed E-state index contributed by atoms with van der Waals surface area (Å²) in [5.74, 6) is -0.968. The van der Waals surface area contributed by atoms with Gasteiger partial charge in [-0.3, -0.25) is 14.4 Å². The summed E-state index contributed by atoms with van der Waals surface area (Å²) in [6.45, 7) is 6.39. The van der Waals surface area contributed by atoms with Gasteiger partial charge >= 0.3 is 17.9 Å². The Labute approximate surface area is 461 Å². The fourth-order valence-electron chi connectivity index (χ4n) is 7.79.